The largest absolute Gasteiger partial charge is 0.326 e. The Kier molecular flexibility index (Phi) is 3.18. The Morgan fingerprint density at radius 2 is 1.94 bits per heavy atom. The fourth-order valence-electron chi connectivity index (χ4n) is 1.92. The van der Waals surface area contributed by atoms with Crippen molar-refractivity contribution in [3.05, 3.63) is 42.1 Å². The Hall–Kier alpha value is -1.77. The maximum Gasteiger partial charge on any atom is 0.326 e. The normalized spacial score (nSPS) is 16.3. The summed E-state index contributed by atoms with van der Waals surface area (Å²) < 4.78 is 0. The molecule has 0 unspecified atom stereocenters. The van der Waals surface area contributed by atoms with Gasteiger partial charge in [0.2, 0.25) is 0 Å². The van der Waals surface area contributed by atoms with Crippen LogP contribution in [-0.4, -0.2) is 12.6 Å². The topological polar surface area (TPSA) is 32.3 Å². The van der Waals surface area contributed by atoms with Crippen molar-refractivity contribution in [1.82, 2.24) is 5.32 Å². The van der Waals surface area contributed by atoms with Gasteiger partial charge in [-0.25, -0.2) is 4.79 Å². The molecule has 2 amide bonds. The zero-order chi connectivity index (χ0) is 12.4. The van der Waals surface area contributed by atoms with E-state index in [1.54, 1.807) is 4.90 Å². The molecule has 1 aromatic rings. The lowest BCUT2D eigenvalue weighted by Gasteiger charge is -2.28. The molecule has 1 aliphatic heterocycles. The van der Waals surface area contributed by atoms with Crippen LogP contribution in [-0.2, 0) is 0 Å². The first-order chi connectivity index (χ1) is 8.08. The summed E-state index contributed by atoms with van der Waals surface area (Å²) in [5.41, 5.74) is 3.03. The van der Waals surface area contributed by atoms with Crippen molar-refractivity contribution in [3.8, 4) is 0 Å². The average Bonchev–Trinajstić information content (AvgIpc) is 2.29. The summed E-state index contributed by atoms with van der Waals surface area (Å²) in [4.78, 5) is 13.5. The number of nitrogens with zero attached hydrogens (tertiary/aromatic N) is 1. The zero-order valence-electron chi connectivity index (χ0n) is 10.4. The molecular weight excluding hydrogens is 212 g/mol. The van der Waals surface area contributed by atoms with Crippen molar-refractivity contribution in [2.75, 3.05) is 11.4 Å². The first-order valence-corrected chi connectivity index (χ1v) is 5.94. The lowest BCUT2D eigenvalue weighted by molar-refractivity contribution is 0.246. The Labute approximate surface area is 102 Å². The zero-order valence-corrected chi connectivity index (χ0v) is 10.4. The van der Waals surface area contributed by atoms with Gasteiger partial charge in [0, 0.05) is 24.4 Å². The van der Waals surface area contributed by atoms with E-state index in [1.165, 1.54) is 5.56 Å². The van der Waals surface area contributed by atoms with Crippen LogP contribution in [0.3, 0.4) is 0 Å². The second kappa shape index (κ2) is 4.62. The molecule has 3 nitrogen and oxygen atoms in total. The van der Waals surface area contributed by atoms with Crippen LogP contribution in [0.2, 0.25) is 0 Å². The molecule has 1 heterocycles. The molecule has 0 atom stereocenters. The molecule has 0 bridgehead atoms. The van der Waals surface area contributed by atoms with E-state index in [0.717, 1.165) is 17.8 Å². The van der Waals surface area contributed by atoms with Crippen LogP contribution in [0.15, 0.2) is 36.5 Å². The molecule has 1 N–H and O–H groups in total. The van der Waals surface area contributed by atoms with Crippen LogP contribution in [0, 0.1) is 0 Å². The van der Waals surface area contributed by atoms with E-state index in [9.17, 15) is 4.79 Å². The third-order valence-corrected chi connectivity index (χ3v) is 3.04. The van der Waals surface area contributed by atoms with Gasteiger partial charge in [-0.15, -0.1) is 0 Å². The van der Waals surface area contributed by atoms with Crippen LogP contribution in [0.4, 0.5) is 10.5 Å². The van der Waals surface area contributed by atoms with Crippen molar-refractivity contribution in [2.24, 2.45) is 0 Å². The molecule has 90 valence electrons. The third kappa shape index (κ3) is 2.49. The van der Waals surface area contributed by atoms with Crippen molar-refractivity contribution >= 4 is 11.7 Å². The quantitative estimate of drug-likeness (QED) is 0.831. The first kappa shape index (κ1) is 11.7. The van der Waals surface area contributed by atoms with Gasteiger partial charge in [-0.1, -0.05) is 32.6 Å². The molecular formula is C14H18N2O. The van der Waals surface area contributed by atoms with Gasteiger partial charge in [-0.05, 0) is 23.6 Å². The lowest BCUT2D eigenvalue weighted by atomic mass is 10.0. The SMILES string of the molecule is C=C1CCN(c2ccc(C(C)C)cc2)C(=O)N1. The summed E-state index contributed by atoms with van der Waals surface area (Å²) in [6, 6.07) is 8.08. The highest BCUT2D eigenvalue weighted by atomic mass is 16.2. The van der Waals surface area contributed by atoms with E-state index in [-0.39, 0.29) is 6.03 Å². The third-order valence-electron chi connectivity index (χ3n) is 3.04. The van der Waals surface area contributed by atoms with E-state index in [0.29, 0.717) is 12.5 Å². The molecule has 2 rings (SSSR count). The molecule has 3 heteroatoms. The number of rotatable bonds is 2. The van der Waals surface area contributed by atoms with E-state index in [2.05, 4.69) is 37.9 Å². The summed E-state index contributed by atoms with van der Waals surface area (Å²) in [5.74, 6) is 0.513. The van der Waals surface area contributed by atoms with Crippen LogP contribution >= 0.6 is 0 Å². The fourth-order valence-corrected chi connectivity index (χ4v) is 1.92. The fraction of sp³-hybridized carbons (Fsp3) is 0.357. The Morgan fingerprint density at radius 1 is 1.29 bits per heavy atom. The van der Waals surface area contributed by atoms with Crippen LogP contribution in [0.25, 0.3) is 0 Å². The number of benzene rings is 1. The number of hydrogen-bond acceptors (Lipinski definition) is 1. The van der Waals surface area contributed by atoms with Crippen molar-refractivity contribution in [3.63, 3.8) is 0 Å². The molecule has 0 saturated carbocycles. The van der Waals surface area contributed by atoms with E-state index in [1.807, 2.05) is 12.1 Å². The van der Waals surface area contributed by atoms with Crippen LogP contribution in [0.5, 0.6) is 0 Å². The molecule has 1 aliphatic rings. The second-order valence-corrected chi connectivity index (χ2v) is 4.68. The summed E-state index contributed by atoms with van der Waals surface area (Å²) in [6.07, 6.45) is 0.803. The Balaban J connectivity index is 2.17. The highest BCUT2D eigenvalue weighted by Crippen LogP contribution is 2.22. The van der Waals surface area contributed by atoms with Gasteiger partial charge in [-0.3, -0.25) is 4.90 Å². The van der Waals surface area contributed by atoms with Crippen LogP contribution in [0.1, 0.15) is 31.7 Å². The maximum absolute atomic E-state index is 11.8. The number of amides is 2. The lowest BCUT2D eigenvalue weighted by Crippen LogP contribution is -2.45. The van der Waals surface area contributed by atoms with Crippen LogP contribution < -0.4 is 10.2 Å². The number of carbonyl (C=O) groups is 1. The average molecular weight is 230 g/mol. The van der Waals surface area contributed by atoms with Gasteiger partial charge in [-0.2, -0.15) is 0 Å². The standard InChI is InChI=1S/C14H18N2O/c1-10(2)12-4-6-13(7-5-12)16-9-8-11(3)15-14(16)17/h4-7,10H,3,8-9H2,1-2H3,(H,15,17). The van der Waals surface area contributed by atoms with E-state index >= 15 is 0 Å². The molecule has 1 saturated heterocycles. The number of hydrogen-bond donors (Lipinski definition) is 1. The molecule has 0 aromatic heterocycles. The summed E-state index contributed by atoms with van der Waals surface area (Å²) in [7, 11) is 0. The molecule has 1 aromatic carbocycles. The number of nitrogens with one attached hydrogen (secondary N) is 1. The summed E-state index contributed by atoms with van der Waals surface area (Å²) in [6.45, 7) is 8.79. The monoisotopic (exact) mass is 230 g/mol. The Bertz CT molecular complexity index is 434. The molecule has 1 fully saturated rings. The van der Waals surface area contributed by atoms with Gasteiger partial charge in [0.25, 0.3) is 0 Å². The van der Waals surface area contributed by atoms with Gasteiger partial charge >= 0.3 is 6.03 Å². The second-order valence-electron chi connectivity index (χ2n) is 4.68. The number of urea groups is 1. The van der Waals surface area contributed by atoms with Gasteiger partial charge in [0.1, 0.15) is 0 Å². The number of anilines is 1. The molecule has 0 aliphatic carbocycles. The van der Waals surface area contributed by atoms with Gasteiger partial charge in [0.15, 0.2) is 0 Å². The minimum absolute atomic E-state index is 0.0847. The van der Waals surface area contributed by atoms with Crippen molar-refractivity contribution < 1.29 is 4.79 Å². The van der Waals surface area contributed by atoms with E-state index in [4.69, 9.17) is 0 Å². The highest BCUT2D eigenvalue weighted by molar-refractivity contribution is 5.94. The van der Waals surface area contributed by atoms with Gasteiger partial charge in [0.05, 0.1) is 0 Å². The van der Waals surface area contributed by atoms with Crippen molar-refractivity contribution in [1.29, 1.82) is 0 Å². The minimum Gasteiger partial charge on any atom is -0.312 e. The van der Waals surface area contributed by atoms with E-state index < -0.39 is 0 Å². The maximum atomic E-state index is 11.8. The molecule has 0 spiro atoms. The summed E-state index contributed by atoms with van der Waals surface area (Å²) in [5, 5.41) is 2.76. The predicted molar refractivity (Wildman–Crippen MR) is 70.2 cm³/mol. The smallest absolute Gasteiger partial charge is 0.312 e. The Morgan fingerprint density at radius 3 is 2.47 bits per heavy atom. The number of carbonyl (C=O) groups excluding carboxylic acids is 1. The predicted octanol–water partition coefficient (Wildman–Crippen LogP) is 3.24. The first-order valence-electron chi connectivity index (χ1n) is 5.94. The van der Waals surface area contributed by atoms with Crippen molar-refractivity contribution in [2.45, 2.75) is 26.2 Å². The minimum atomic E-state index is -0.0847. The molecule has 17 heavy (non-hydrogen) atoms. The highest BCUT2D eigenvalue weighted by Gasteiger charge is 2.20. The van der Waals surface area contributed by atoms with Gasteiger partial charge < -0.3 is 5.32 Å². The summed E-state index contributed by atoms with van der Waals surface area (Å²) >= 11 is 0. The molecule has 0 radical (unpaired) electrons.